The Labute approximate surface area is 188 Å². The van der Waals surface area contributed by atoms with Crippen LogP contribution in [-0.4, -0.2) is 39.7 Å². The Balaban J connectivity index is 1.53. The van der Waals surface area contributed by atoms with E-state index in [1.54, 1.807) is 0 Å². The highest BCUT2D eigenvalue weighted by molar-refractivity contribution is 5.92. The number of benzene rings is 2. The van der Waals surface area contributed by atoms with Gasteiger partial charge in [-0.3, -0.25) is 14.5 Å². The maximum Gasteiger partial charge on any atom is 0.418 e. The summed E-state index contributed by atoms with van der Waals surface area (Å²) in [4.78, 5) is 27.5. The van der Waals surface area contributed by atoms with Crippen molar-refractivity contribution < 1.29 is 18.0 Å². The molecule has 1 aromatic heterocycles. The lowest BCUT2D eigenvalue weighted by atomic mass is 10.1. The van der Waals surface area contributed by atoms with Crippen molar-refractivity contribution in [2.24, 2.45) is 0 Å². The molecule has 33 heavy (non-hydrogen) atoms. The summed E-state index contributed by atoms with van der Waals surface area (Å²) in [6.45, 7) is 3.61. The van der Waals surface area contributed by atoms with Crippen LogP contribution < -0.4 is 10.7 Å². The highest BCUT2D eigenvalue weighted by atomic mass is 19.4. The molecule has 2 heterocycles. The minimum absolute atomic E-state index is 0.181. The van der Waals surface area contributed by atoms with Crippen molar-refractivity contribution in [1.29, 1.82) is 0 Å². The lowest BCUT2D eigenvalue weighted by Gasteiger charge is -2.18. The fraction of sp³-hybridized carbons (Fsp3) is 0.292. The first kappa shape index (κ1) is 22.7. The molecule has 172 valence electrons. The zero-order valence-electron chi connectivity index (χ0n) is 18.0. The Morgan fingerprint density at radius 1 is 1.12 bits per heavy atom. The Morgan fingerprint density at radius 2 is 1.82 bits per heavy atom. The molecule has 3 aromatic rings. The second-order valence-corrected chi connectivity index (χ2v) is 8.11. The van der Waals surface area contributed by atoms with Crippen molar-refractivity contribution in [3.8, 4) is 5.69 Å². The molecule has 2 aromatic carbocycles. The SMILES string of the molecule is Cc1cc(=O)c(C(=O)NC2CCN(Cc3ccccc3)C2)nn1-c1ccccc1C(F)(F)F. The number of likely N-dealkylation sites (tertiary alicyclic amines) is 1. The molecule has 0 saturated carbocycles. The quantitative estimate of drug-likeness (QED) is 0.638. The van der Waals surface area contributed by atoms with E-state index in [0.717, 1.165) is 35.5 Å². The van der Waals surface area contributed by atoms with E-state index in [-0.39, 0.29) is 17.4 Å². The third-order valence-electron chi connectivity index (χ3n) is 5.62. The molecular weight excluding hydrogens is 433 g/mol. The van der Waals surface area contributed by atoms with E-state index in [0.29, 0.717) is 13.0 Å². The van der Waals surface area contributed by atoms with Gasteiger partial charge in [0.2, 0.25) is 5.43 Å². The number of rotatable bonds is 5. The third-order valence-corrected chi connectivity index (χ3v) is 5.62. The predicted octanol–water partition coefficient (Wildman–Crippen LogP) is 3.56. The molecule has 1 aliphatic heterocycles. The van der Waals surface area contributed by atoms with Crippen LogP contribution in [0.3, 0.4) is 0 Å². The van der Waals surface area contributed by atoms with Gasteiger partial charge in [0.1, 0.15) is 0 Å². The Morgan fingerprint density at radius 3 is 2.55 bits per heavy atom. The number of nitrogens with one attached hydrogen (secondary N) is 1. The van der Waals surface area contributed by atoms with E-state index in [9.17, 15) is 22.8 Å². The van der Waals surface area contributed by atoms with E-state index in [1.807, 2.05) is 30.3 Å². The lowest BCUT2D eigenvalue weighted by molar-refractivity contribution is -0.137. The molecule has 9 heteroatoms. The van der Waals surface area contributed by atoms with Crippen molar-refractivity contribution in [2.45, 2.75) is 32.1 Å². The maximum absolute atomic E-state index is 13.5. The molecule has 0 spiro atoms. The summed E-state index contributed by atoms with van der Waals surface area (Å²) < 4.78 is 41.4. The van der Waals surface area contributed by atoms with Crippen LogP contribution in [0.15, 0.2) is 65.5 Å². The van der Waals surface area contributed by atoms with Gasteiger partial charge >= 0.3 is 6.18 Å². The van der Waals surface area contributed by atoms with Gasteiger partial charge in [-0.2, -0.15) is 18.3 Å². The molecule has 0 radical (unpaired) electrons. The zero-order chi connectivity index (χ0) is 23.6. The summed E-state index contributed by atoms with van der Waals surface area (Å²) in [5, 5.41) is 6.84. The third kappa shape index (κ3) is 5.14. The van der Waals surface area contributed by atoms with Crippen molar-refractivity contribution in [2.75, 3.05) is 13.1 Å². The average molecular weight is 456 g/mol. The molecular formula is C24H23F3N4O2. The van der Waals surface area contributed by atoms with E-state index in [2.05, 4.69) is 15.3 Å². The van der Waals surface area contributed by atoms with Crippen molar-refractivity contribution in [3.05, 3.63) is 93.4 Å². The first-order valence-electron chi connectivity index (χ1n) is 10.6. The van der Waals surface area contributed by atoms with E-state index < -0.39 is 28.8 Å². The number of carbonyl (C=O) groups is 1. The molecule has 0 bridgehead atoms. The van der Waals surface area contributed by atoms with Crippen LogP contribution in [-0.2, 0) is 12.7 Å². The van der Waals surface area contributed by atoms with Gasteiger partial charge in [-0.05, 0) is 31.0 Å². The van der Waals surface area contributed by atoms with Crippen LogP contribution >= 0.6 is 0 Å². The highest BCUT2D eigenvalue weighted by Crippen LogP contribution is 2.33. The molecule has 1 aliphatic rings. The summed E-state index contributed by atoms with van der Waals surface area (Å²) in [6, 6.07) is 15.8. The minimum atomic E-state index is -4.61. The number of halogens is 3. The minimum Gasteiger partial charge on any atom is -0.346 e. The topological polar surface area (TPSA) is 67.2 Å². The van der Waals surface area contributed by atoms with E-state index in [1.165, 1.54) is 25.1 Å². The Hall–Kier alpha value is -3.46. The van der Waals surface area contributed by atoms with Crippen LogP contribution in [0.1, 0.15) is 33.7 Å². The van der Waals surface area contributed by atoms with Crippen molar-refractivity contribution in [1.82, 2.24) is 20.0 Å². The molecule has 1 fully saturated rings. The number of carbonyl (C=O) groups excluding carboxylic acids is 1. The Bertz CT molecular complexity index is 1210. The van der Waals surface area contributed by atoms with E-state index in [4.69, 9.17) is 0 Å². The number of hydrogen-bond acceptors (Lipinski definition) is 4. The number of nitrogens with zero attached hydrogens (tertiary/aromatic N) is 3. The van der Waals surface area contributed by atoms with Gasteiger partial charge in [0.15, 0.2) is 5.69 Å². The fourth-order valence-electron chi connectivity index (χ4n) is 4.04. The predicted molar refractivity (Wildman–Crippen MR) is 117 cm³/mol. The summed E-state index contributed by atoms with van der Waals surface area (Å²) >= 11 is 0. The largest absolute Gasteiger partial charge is 0.418 e. The van der Waals surface area contributed by atoms with Crippen LogP contribution in [0.25, 0.3) is 5.69 Å². The lowest BCUT2D eigenvalue weighted by Crippen LogP contribution is -2.40. The molecule has 1 amide bonds. The summed E-state index contributed by atoms with van der Waals surface area (Å²) in [5.74, 6) is -0.690. The van der Waals surface area contributed by atoms with Gasteiger partial charge in [0.05, 0.1) is 11.3 Å². The molecule has 1 unspecified atom stereocenters. The van der Waals surface area contributed by atoms with Gasteiger partial charge in [0, 0.05) is 37.4 Å². The monoisotopic (exact) mass is 456 g/mol. The average Bonchev–Trinajstić information content (AvgIpc) is 3.20. The normalized spacial score (nSPS) is 16.7. The number of alkyl halides is 3. The highest BCUT2D eigenvalue weighted by Gasteiger charge is 2.34. The molecule has 0 aliphatic carbocycles. The standard InChI is InChI=1S/C24H23F3N4O2/c1-16-13-21(32)22(29-31(16)20-10-6-5-9-19(20)24(25,26)27)23(33)28-18-11-12-30(15-18)14-17-7-3-2-4-8-17/h2-10,13,18H,11-12,14-15H2,1H3,(H,28,33). The zero-order valence-corrected chi connectivity index (χ0v) is 18.0. The van der Waals surface area contributed by atoms with E-state index >= 15 is 0 Å². The second kappa shape index (κ2) is 9.19. The first-order valence-corrected chi connectivity index (χ1v) is 10.6. The number of aromatic nitrogens is 2. The van der Waals surface area contributed by atoms with Crippen molar-refractivity contribution >= 4 is 5.91 Å². The summed E-state index contributed by atoms with van der Waals surface area (Å²) in [5.41, 5.74) is -0.850. The van der Waals surface area contributed by atoms with Crippen molar-refractivity contribution in [3.63, 3.8) is 0 Å². The first-order chi connectivity index (χ1) is 15.7. The molecule has 4 rings (SSSR count). The molecule has 1 N–H and O–H groups in total. The number of amides is 1. The smallest absolute Gasteiger partial charge is 0.346 e. The van der Waals surface area contributed by atoms with Crippen LogP contribution in [0.2, 0.25) is 0 Å². The number of para-hydroxylation sites is 1. The van der Waals surface area contributed by atoms with Gasteiger partial charge in [-0.1, -0.05) is 42.5 Å². The molecule has 1 saturated heterocycles. The number of aryl methyl sites for hydroxylation is 1. The fourth-order valence-corrected chi connectivity index (χ4v) is 4.04. The molecule has 6 nitrogen and oxygen atoms in total. The van der Waals surface area contributed by atoms with Gasteiger partial charge in [0.25, 0.3) is 5.91 Å². The van der Waals surface area contributed by atoms with Crippen LogP contribution in [0, 0.1) is 6.92 Å². The Kier molecular flexibility index (Phi) is 6.33. The van der Waals surface area contributed by atoms with Gasteiger partial charge < -0.3 is 5.32 Å². The second-order valence-electron chi connectivity index (χ2n) is 8.11. The van der Waals surface area contributed by atoms with Crippen LogP contribution in [0.4, 0.5) is 13.2 Å². The number of hydrogen-bond donors (Lipinski definition) is 1. The van der Waals surface area contributed by atoms with Gasteiger partial charge in [-0.25, -0.2) is 4.68 Å². The van der Waals surface area contributed by atoms with Gasteiger partial charge in [-0.15, -0.1) is 0 Å². The molecule has 1 atom stereocenters. The summed E-state index contributed by atoms with van der Waals surface area (Å²) in [7, 11) is 0. The summed E-state index contributed by atoms with van der Waals surface area (Å²) in [6.07, 6.45) is -3.90. The van der Waals surface area contributed by atoms with Crippen LogP contribution in [0.5, 0.6) is 0 Å². The maximum atomic E-state index is 13.5.